The molecular formula is C10H16N4O. The van der Waals surface area contributed by atoms with Crippen molar-refractivity contribution in [3.8, 4) is 0 Å². The molecule has 0 saturated heterocycles. The van der Waals surface area contributed by atoms with Gasteiger partial charge in [0, 0.05) is 12.6 Å². The quantitative estimate of drug-likeness (QED) is 0.750. The molecule has 15 heavy (non-hydrogen) atoms. The highest BCUT2D eigenvalue weighted by molar-refractivity contribution is 5.97. The summed E-state index contributed by atoms with van der Waals surface area (Å²) < 4.78 is 1.51. The lowest BCUT2D eigenvalue weighted by molar-refractivity contribution is 0.0841. The number of anilines is 1. The van der Waals surface area contributed by atoms with Crippen LogP contribution in [0.5, 0.6) is 0 Å². The number of nitrogens with two attached hydrogens (primary N) is 1. The van der Waals surface area contributed by atoms with Crippen LogP contribution in [0.1, 0.15) is 36.7 Å². The van der Waals surface area contributed by atoms with E-state index in [2.05, 4.69) is 17.3 Å². The molecular weight excluding hydrogens is 192 g/mol. The first kappa shape index (κ1) is 10.0. The normalized spacial score (nSPS) is 18.3. The van der Waals surface area contributed by atoms with E-state index in [0.29, 0.717) is 11.4 Å². The van der Waals surface area contributed by atoms with E-state index in [-0.39, 0.29) is 11.4 Å². The maximum atomic E-state index is 11.9. The Morgan fingerprint density at radius 3 is 2.73 bits per heavy atom. The molecule has 5 nitrogen and oxygen atoms in total. The Morgan fingerprint density at radius 2 is 2.33 bits per heavy atom. The van der Waals surface area contributed by atoms with Crippen LogP contribution in [0.15, 0.2) is 6.20 Å². The molecule has 0 aromatic carbocycles. The number of nitrogens with one attached hydrogen (secondary N) is 1. The van der Waals surface area contributed by atoms with E-state index in [1.54, 1.807) is 7.05 Å². The summed E-state index contributed by atoms with van der Waals surface area (Å²) in [4.78, 5) is 11.9. The van der Waals surface area contributed by atoms with E-state index in [4.69, 9.17) is 5.73 Å². The fourth-order valence-electron chi connectivity index (χ4n) is 1.90. The van der Waals surface area contributed by atoms with Gasteiger partial charge in [-0.2, -0.15) is 5.10 Å². The SMILES string of the molecule is Cn1ncc(N)c1C(=O)NC1(C)CCC1. The van der Waals surface area contributed by atoms with Crippen LogP contribution in [-0.2, 0) is 7.05 Å². The third kappa shape index (κ3) is 1.69. The maximum Gasteiger partial charge on any atom is 0.272 e. The van der Waals surface area contributed by atoms with Gasteiger partial charge in [-0.15, -0.1) is 0 Å². The first-order valence-corrected chi connectivity index (χ1v) is 5.12. The summed E-state index contributed by atoms with van der Waals surface area (Å²) >= 11 is 0. The smallest absolute Gasteiger partial charge is 0.272 e. The van der Waals surface area contributed by atoms with E-state index in [0.717, 1.165) is 12.8 Å². The number of nitrogens with zero attached hydrogens (tertiary/aromatic N) is 2. The van der Waals surface area contributed by atoms with Crippen molar-refractivity contribution in [3.63, 3.8) is 0 Å². The molecule has 1 saturated carbocycles. The van der Waals surface area contributed by atoms with Crippen LogP contribution >= 0.6 is 0 Å². The van der Waals surface area contributed by atoms with Crippen molar-refractivity contribution < 1.29 is 4.79 Å². The molecule has 1 aromatic rings. The van der Waals surface area contributed by atoms with E-state index in [1.807, 2.05) is 0 Å². The number of rotatable bonds is 2. The third-order valence-corrected chi connectivity index (χ3v) is 3.05. The minimum Gasteiger partial charge on any atom is -0.396 e. The number of carbonyl (C=O) groups is 1. The molecule has 0 aliphatic heterocycles. The van der Waals surface area contributed by atoms with Crippen molar-refractivity contribution in [2.45, 2.75) is 31.7 Å². The molecule has 0 unspecified atom stereocenters. The second-order valence-corrected chi connectivity index (χ2v) is 4.44. The Bertz CT molecular complexity index is 373. The van der Waals surface area contributed by atoms with E-state index < -0.39 is 0 Å². The number of amides is 1. The molecule has 82 valence electrons. The summed E-state index contributed by atoms with van der Waals surface area (Å²) in [5.74, 6) is -0.130. The fraction of sp³-hybridized carbons (Fsp3) is 0.600. The standard InChI is InChI=1S/C10H16N4O/c1-10(4-3-5-10)13-9(15)8-7(11)6-12-14(8)2/h6H,3-5,11H2,1-2H3,(H,13,15). The van der Waals surface area contributed by atoms with Gasteiger partial charge in [0.05, 0.1) is 11.9 Å². The van der Waals surface area contributed by atoms with Gasteiger partial charge in [0.2, 0.25) is 0 Å². The van der Waals surface area contributed by atoms with Gasteiger partial charge in [-0.3, -0.25) is 9.48 Å². The first-order chi connectivity index (χ1) is 7.02. The van der Waals surface area contributed by atoms with Gasteiger partial charge >= 0.3 is 0 Å². The highest BCUT2D eigenvalue weighted by atomic mass is 16.2. The molecule has 0 atom stereocenters. The molecule has 3 N–H and O–H groups in total. The number of nitrogen functional groups attached to an aromatic ring is 1. The van der Waals surface area contributed by atoms with Crippen LogP contribution in [0.25, 0.3) is 0 Å². The zero-order chi connectivity index (χ0) is 11.1. The zero-order valence-corrected chi connectivity index (χ0v) is 9.08. The molecule has 1 aliphatic carbocycles. The summed E-state index contributed by atoms with van der Waals surface area (Å²) in [5, 5.41) is 6.94. The number of aromatic nitrogens is 2. The predicted octanol–water partition coefficient (Wildman–Crippen LogP) is 0.675. The largest absolute Gasteiger partial charge is 0.396 e. The molecule has 0 spiro atoms. The minimum atomic E-state index is -0.130. The Morgan fingerprint density at radius 1 is 1.67 bits per heavy atom. The van der Waals surface area contributed by atoms with Crippen LogP contribution in [0.4, 0.5) is 5.69 Å². The molecule has 1 amide bonds. The molecule has 0 radical (unpaired) electrons. The lowest BCUT2D eigenvalue weighted by Gasteiger charge is -2.39. The Kier molecular flexibility index (Phi) is 2.17. The topological polar surface area (TPSA) is 72.9 Å². The summed E-state index contributed by atoms with van der Waals surface area (Å²) in [6, 6.07) is 0. The van der Waals surface area contributed by atoms with Crippen LogP contribution < -0.4 is 11.1 Å². The monoisotopic (exact) mass is 208 g/mol. The highest BCUT2D eigenvalue weighted by Gasteiger charge is 2.34. The van der Waals surface area contributed by atoms with Crippen LogP contribution in [0.2, 0.25) is 0 Å². The number of hydrogen-bond acceptors (Lipinski definition) is 3. The summed E-state index contributed by atoms with van der Waals surface area (Å²) in [7, 11) is 1.72. The second-order valence-electron chi connectivity index (χ2n) is 4.44. The predicted molar refractivity (Wildman–Crippen MR) is 57.3 cm³/mol. The lowest BCUT2D eigenvalue weighted by atomic mass is 9.78. The molecule has 1 heterocycles. The van der Waals surface area contributed by atoms with E-state index >= 15 is 0 Å². The summed E-state index contributed by atoms with van der Waals surface area (Å²) in [6.07, 6.45) is 4.75. The van der Waals surface area contributed by atoms with Gasteiger partial charge in [0.25, 0.3) is 5.91 Å². The van der Waals surface area contributed by atoms with Crippen molar-refractivity contribution in [1.82, 2.24) is 15.1 Å². The Balaban J connectivity index is 2.14. The molecule has 1 fully saturated rings. The van der Waals surface area contributed by atoms with Gasteiger partial charge in [-0.05, 0) is 26.2 Å². The zero-order valence-electron chi connectivity index (χ0n) is 9.08. The van der Waals surface area contributed by atoms with Gasteiger partial charge in [-0.25, -0.2) is 0 Å². The van der Waals surface area contributed by atoms with Crippen molar-refractivity contribution in [2.75, 3.05) is 5.73 Å². The second kappa shape index (κ2) is 3.25. The summed E-state index contributed by atoms with van der Waals surface area (Å²) in [5.41, 5.74) is 6.50. The minimum absolute atomic E-state index is 0.0478. The van der Waals surface area contributed by atoms with E-state index in [1.165, 1.54) is 17.3 Å². The van der Waals surface area contributed by atoms with Crippen molar-refractivity contribution in [2.24, 2.45) is 7.05 Å². The third-order valence-electron chi connectivity index (χ3n) is 3.05. The number of aryl methyl sites for hydroxylation is 1. The van der Waals surface area contributed by atoms with Gasteiger partial charge in [0.1, 0.15) is 5.69 Å². The van der Waals surface area contributed by atoms with Gasteiger partial charge in [0.15, 0.2) is 0 Å². The van der Waals surface area contributed by atoms with Gasteiger partial charge < -0.3 is 11.1 Å². The molecule has 0 bridgehead atoms. The maximum absolute atomic E-state index is 11.9. The van der Waals surface area contributed by atoms with E-state index in [9.17, 15) is 4.79 Å². The number of carbonyl (C=O) groups excluding carboxylic acids is 1. The Labute approximate surface area is 88.6 Å². The highest BCUT2D eigenvalue weighted by Crippen LogP contribution is 2.31. The first-order valence-electron chi connectivity index (χ1n) is 5.12. The average Bonchev–Trinajstić information content (AvgIpc) is 2.43. The van der Waals surface area contributed by atoms with Crippen molar-refractivity contribution >= 4 is 11.6 Å². The summed E-state index contributed by atoms with van der Waals surface area (Å²) in [6.45, 7) is 2.06. The average molecular weight is 208 g/mol. The van der Waals surface area contributed by atoms with Gasteiger partial charge in [-0.1, -0.05) is 0 Å². The lowest BCUT2D eigenvalue weighted by Crippen LogP contribution is -2.51. The molecule has 2 rings (SSSR count). The van der Waals surface area contributed by atoms with Crippen LogP contribution in [-0.4, -0.2) is 21.2 Å². The Hall–Kier alpha value is -1.52. The molecule has 5 heteroatoms. The van der Waals surface area contributed by atoms with Crippen LogP contribution in [0, 0.1) is 0 Å². The fourth-order valence-corrected chi connectivity index (χ4v) is 1.90. The van der Waals surface area contributed by atoms with Crippen molar-refractivity contribution in [3.05, 3.63) is 11.9 Å². The molecule has 1 aliphatic rings. The van der Waals surface area contributed by atoms with Crippen LogP contribution in [0.3, 0.4) is 0 Å². The number of hydrogen-bond donors (Lipinski definition) is 2. The molecule has 1 aromatic heterocycles. The van der Waals surface area contributed by atoms with Crippen molar-refractivity contribution in [1.29, 1.82) is 0 Å².